The van der Waals surface area contributed by atoms with Gasteiger partial charge in [0.15, 0.2) is 0 Å². The summed E-state index contributed by atoms with van der Waals surface area (Å²) in [5.41, 5.74) is 2.14. The molecule has 1 N–H and O–H groups in total. The van der Waals surface area contributed by atoms with Gasteiger partial charge in [0.1, 0.15) is 17.3 Å². The van der Waals surface area contributed by atoms with Crippen molar-refractivity contribution >= 4 is 26.7 Å². The van der Waals surface area contributed by atoms with Gasteiger partial charge in [-0.2, -0.15) is 0 Å². The lowest BCUT2D eigenvalue weighted by atomic mass is 10.1. The minimum Gasteiger partial charge on any atom is -0.350 e. The van der Waals surface area contributed by atoms with Gasteiger partial charge in [0.25, 0.3) is 15.9 Å². The first-order valence-corrected chi connectivity index (χ1v) is 10.0. The van der Waals surface area contributed by atoms with Gasteiger partial charge in [0, 0.05) is 12.1 Å². The number of amides is 2. The summed E-state index contributed by atoms with van der Waals surface area (Å²) in [4.78, 5) is 24.5. The van der Waals surface area contributed by atoms with Crippen LogP contribution >= 0.6 is 0 Å². The summed E-state index contributed by atoms with van der Waals surface area (Å²) in [6.45, 7) is 2.93. The largest absolute Gasteiger partial charge is 0.350 e. The number of carbonyl (C=O) groups excluding carboxylic acids is 2. The molecule has 0 unspecified atom stereocenters. The van der Waals surface area contributed by atoms with Crippen molar-refractivity contribution in [1.29, 1.82) is 0 Å². The number of nitrogens with one attached hydrogen (secondary N) is 1. The zero-order chi connectivity index (χ0) is 20.5. The van der Waals surface area contributed by atoms with E-state index in [-0.39, 0.29) is 22.6 Å². The van der Waals surface area contributed by atoms with E-state index in [1.165, 1.54) is 19.1 Å². The molecule has 1 aliphatic rings. The topological polar surface area (TPSA) is 83.6 Å². The predicted molar refractivity (Wildman–Crippen MR) is 103 cm³/mol. The Kier molecular flexibility index (Phi) is 5.33. The SMILES string of the molecule is CC1=C(c2ccc(F)cc2)S(=O)(=O)N(CC(=O)NCc2ccc(C)cc2)C1=O. The number of hydrogen-bond donors (Lipinski definition) is 1. The summed E-state index contributed by atoms with van der Waals surface area (Å²) in [5, 5.41) is 2.62. The molecule has 0 saturated heterocycles. The van der Waals surface area contributed by atoms with Crippen LogP contribution in [-0.2, 0) is 26.2 Å². The monoisotopic (exact) mass is 402 g/mol. The highest BCUT2D eigenvalue weighted by Gasteiger charge is 2.43. The number of nitrogens with zero attached hydrogens (tertiary/aromatic N) is 1. The number of sulfonamides is 1. The third kappa shape index (κ3) is 3.82. The van der Waals surface area contributed by atoms with E-state index in [4.69, 9.17) is 0 Å². The first-order chi connectivity index (χ1) is 13.2. The zero-order valence-electron chi connectivity index (χ0n) is 15.4. The molecule has 8 heteroatoms. The van der Waals surface area contributed by atoms with Crippen molar-refractivity contribution in [2.75, 3.05) is 6.54 Å². The van der Waals surface area contributed by atoms with Crippen molar-refractivity contribution < 1.29 is 22.4 Å². The predicted octanol–water partition coefficient (Wildman–Crippen LogP) is 2.35. The molecule has 28 heavy (non-hydrogen) atoms. The van der Waals surface area contributed by atoms with Crippen LogP contribution < -0.4 is 5.32 Å². The van der Waals surface area contributed by atoms with Crippen LogP contribution in [0.25, 0.3) is 4.91 Å². The summed E-state index contributed by atoms with van der Waals surface area (Å²) in [6.07, 6.45) is 0. The van der Waals surface area contributed by atoms with Crippen molar-refractivity contribution in [3.8, 4) is 0 Å². The van der Waals surface area contributed by atoms with E-state index in [2.05, 4.69) is 5.32 Å². The highest BCUT2D eigenvalue weighted by Crippen LogP contribution is 2.35. The molecule has 1 heterocycles. The van der Waals surface area contributed by atoms with Gasteiger partial charge < -0.3 is 5.32 Å². The summed E-state index contributed by atoms with van der Waals surface area (Å²) in [7, 11) is -4.20. The summed E-state index contributed by atoms with van der Waals surface area (Å²) >= 11 is 0. The van der Waals surface area contributed by atoms with E-state index in [0.717, 1.165) is 23.3 Å². The molecule has 0 aromatic heterocycles. The number of hydrogen-bond acceptors (Lipinski definition) is 4. The Morgan fingerprint density at radius 3 is 2.25 bits per heavy atom. The molecular formula is C20H19FN2O4S. The van der Waals surface area contributed by atoms with Crippen LogP contribution in [0, 0.1) is 12.7 Å². The quantitative estimate of drug-likeness (QED) is 0.832. The number of carbonyl (C=O) groups is 2. The summed E-state index contributed by atoms with van der Waals surface area (Å²) in [6, 6.07) is 12.3. The molecule has 0 fully saturated rings. The molecule has 6 nitrogen and oxygen atoms in total. The Bertz CT molecular complexity index is 1060. The van der Waals surface area contributed by atoms with Gasteiger partial charge in [-0.05, 0) is 37.1 Å². The number of aryl methyl sites for hydroxylation is 1. The van der Waals surface area contributed by atoms with E-state index in [1.54, 1.807) is 0 Å². The van der Waals surface area contributed by atoms with Crippen molar-refractivity contribution in [2.24, 2.45) is 0 Å². The molecule has 2 aromatic carbocycles. The Morgan fingerprint density at radius 2 is 1.64 bits per heavy atom. The maximum absolute atomic E-state index is 13.1. The van der Waals surface area contributed by atoms with Crippen LogP contribution in [0.2, 0.25) is 0 Å². The van der Waals surface area contributed by atoms with Gasteiger partial charge in [0.05, 0.1) is 0 Å². The standard InChI is InChI=1S/C20H19FN2O4S/c1-13-3-5-15(6-4-13)11-22-18(24)12-23-20(25)14(2)19(28(23,26)27)16-7-9-17(21)10-8-16/h3-10H,11-12H2,1-2H3,(H,22,24). The molecule has 1 aliphatic heterocycles. The lowest BCUT2D eigenvalue weighted by Gasteiger charge is -2.16. The summed E-state index contributed by atoms with van der Waals surface area (Å²) in [5.74, 6) is -1.87. The van der Waals surface area contributed by atoms with E-state index in [1.807, 2.05) is 31.2 Å². The maximum Gasteiger partial charge on any atom is 0.268 e. The molecule has 2 aromatic rings. The van der Waals surface area contributed by atoms with Crippen molar-refractivity contribution in [1.82, 2.24) is 9.62 Å². The number of halogens is 1. The fourth-order valence-corrected chi connectivity index (χ4v) is 4.68. The third-order valence-electron chi connectivity index (χ3n) is 4.44. The molecule has 0 saturated carbocycles. The van der Waals surface area contributed by atoms with Crippen molar-refractivity contribution in [3.63, 3.8) is 0 Å². The third-order valence-corrected chi connectivity index (χ3v) is 6.37. The fourth-order valence-electron chi connectivity index (χ4n) is 2.91. The molecule has 3 rings (SSSR count). The van der Waals surface area contributed by atoms with E-state index < -0.39 is 34.2 Å². The first-order valence-electron chi connectivity index (χ1n) is 8.56. The average Bonchev–Trinajstić information content (AvgIpc) is 2.82. The number of rotatable bonds is 5. The molecule has 0 spiro atoms. The molecule has 0 aliphatic carbocycles. The van der Waals surface area contributed by atoms with Gasteiger partial charge in [-0.1, -0.05) is 42.0 Å². The minimum absolute atomic E-state index is 0.00190. The van der Waals surface area contributed by atoms with Gasteiger partial charge in [-0.15, -0.1) is 0 Å². The molecular weight excluding hydrogens is 383 g/mol. The second-order valence-electron chi connectivity index (χ2n) is 6.54. The summed E-state index contributed by atoms with van der Waals surface area (Å²) < 4.78 is 39.3. The Morgan fingerprint density at radius 1 is 1.04 bits per heavy atom. The van der Waals surface area contributed by atoms with E-state index >= 15 is 0 Å². The second kappa shape index (κ2) is 7.55. The molecule has 0 atom stereocenters. The van der Waals surface area contributed by atoms with Crippen LogP contribution in [0.1, 0.15) is 23.6 Å². The van der Waals surface area contributed by atoms with E-state index in [0.29, 0.717) is 4.31 Å². The minimum atomic E-state index is -4.20. The highest BCUT2D eigenvalue weighted by atomic mass is 32.2. The van der Waals surface area contributed by atoms with Crippen LogP contribution in [0.15, 0.2) is 54.1 Å². The van der Waals surface area contributed by atoms with Gasteiger partial charge >= 0.3 is 0 Å². The lowest BCUT2D eigenvalue weighted by Crippen LogP contribution is -2.40. The van der Waals surface area contributed by atoms with Crippen LogP contribution in [0.3, 0.4) is 0 Å². The van der Waals surface area contributed by atoms with Gasteiger partial charge in [0.2, 0.25) is 5.91 Å². The Hall–Kier alpha value is -3.00. The molecule has 0 bridgehead atoms. The van der Waals surface area contributed by atoms with Crippen LogP contribution in [-0.4, -0.2) is 31.1 Å². The number of benzene rings is 2. The highest BCUT2D eigenvalue weighted by molar-refractivity contribution is 7.99. The van der Waals surface area contributed by atoms with Gasteiger partial charge in [-0.25, -0.2) is 17.1 Å². The maximum atomic E-state index is 13.1. The lowest BCUT2D eigenvalue weighted by molar-refractivity contribution is -0.128. The normalized spacial score (nSPS) is 15.8. The van der Waals surface area contributed by atoms with Crippen LogP contribution in [0.5, 0.6) is 0 Å². The smallest absolute Gasteiger partial charge is 0.268 e. The Balaban J connectivity index is 1.74. The molecule has 146 valence electrons. The first kappa shape index (κ1) is 19.8. The van der Waals surface area contributed by atoms with Crippen molar-refractivity contribution in [3.05, 3.63) is 76.6 Å². The fraction of sp³-hybridized carbons (Fsp3) is 0.200. The van der Waals surface area contributed by atoms with Crippen molar-refractivity contribution in [2.45, 2.75) is 20.4 Å². The van der Waals surface area contributed by atoms with E-state index in [9.17, 15) is 22.4 Å². The van der Waals surface area contributed by atoms with Crippen LogP contribution in [0.4, 0.5) is 4.39 Å². The molecule has 0 radical (unpaired) electrons. The Labute approximate surface area is 162 Å². The van der Waals surface area contributed by atoms with Gasteiger partial charge in [-0.3, -0.25) is 9.59 Å². The molecule has 2 amide bonds. The second-order valence-corrected chi connectivity index (χ2v) is 8.34. The average molecular weight is 402 g/mol. The zero-order valence-corrected chi connectivity index (χ0v) is 16.2.